The molecule has 4 nitrogen and oxygen atoms in total. The van der Waals surface area contributed by atoms with Gasteiger partial charge >= 0.3 is 0 Å². The van der Waals surface area contributed by atoms with Gasteiger partial charge in [0.2, 0.25) is 5.91 Å². The van der Waals surface area contributed by atoms with Gasteiger partial charge in [0.05, 0.1) is 6.61 Å². The van der Waals surface area contributed by atoms with Crippen LogP contribution in [0.1, 0.15) is 78.1 Å². The molecule has 0 unspecified atom stereocenters. The maximum absolute atomic E-state index is 11.8. The van der Waals surface area contributed by atoms with E-state index in [-0.39, 0.29) is 5.91 Å². The van der Waals surface area contributed by atoms with Crippen LogP contribution in [0.3, 0.4) is 0 Å². The SMILES string of the molecule is CCCCCCCOc1ccc(NC(=S)NC(=O)CCCCCC)cc1. The lowest BCUT2D eigenvalue weighted by molar-refractivity contribution is -0.119. The van der Waals surface area contributed by atoms with Crippen molar-refractivity contribution < 1.29 is 9.53 Å². The average Bonchev–Trinajstić information content (AvgIpc) is 2.63. The molecule has 0 spiro atoms. The molecule has 0 atom stereocenters. The molecule has 26 heavy (non-hydrogen) atoms. The first-order chi connectivity index (χ1) is 12.7. The molecular formula is C21H34N2O2S. The topological polar surface area (TPSA) is 50.4 Å². The van der Waals surface area contributed by atoms with Crippen LogP contribution in [-0.2, 0) is 4.79 Å². The Balaban J connectivity index is 2.22. The minimum atomic E-state index is -0.0263. The normalized spacial score (nSPS) is 10.4. The number of ether oxygens (including phenoxy) is 1. The maximum Gasteiger partial charge on any atom is 0.226 e. The van der Waals surface area contributed by atoms with Gasteiger partial charge < -0.3 is 15.4 Å². The van der Waals surface area contributed by atoms with E-state index in [9.17, 15) is 4.79 Å². The lowest BCUT2D eigenvalue weighted by Crippen LogP contribution is -2.33. The first kappa shape index (κ1) is 22.4. The summed E-state index contributed by atoms with van der Waals surface area (Å²) in [5.74, 6) is 0.832. The van der Waals surface area contributed by atoms with Gasteiger partial charge in [0.25, 0.3) is 0 Å². The van der Waals surface area contributed by atoms with Crippen LogP contribution in [0.25, 0.3) is 0 Å². The van der Waals surface area contributed by atoms with Crippen molar-refractivity contribution in [3.05, 3.63) is 24.3 Å². The molecule has 0 saturated heterocycles. The Labute approximate surface area is 164 Å². The Morgan fingerprint density at radius 3 is 2.19 bits per heavy atom. The lowest BCUT2D eigenvalue weighted by Gasteiger charge is -2.11. The van der Waals surface area contributed by atoms with Crippen molar-refractivity contribution >= 4 is 28.9 Å². The molecule has 1 rings (SSSR count). The number of hydrogen-bond acceptors (Lipinski definition) is 3. The van der Waals surface area contributed by atoms with Crippen LogP contribution in [0.4, 0.5) is 5.69 Å². The van der Waals surface area contributed by atoms with Crippen molar-refractivity contribution in [2.45, 2.75) is 78.1 Å². The molecule has 0 saturated carbocycles. The quantitative estimate of drug-likeness (QED) is 0.335. The fraction of sp³-hybridized carbons (Fsp3) is 0.619. The molecule has 0 bridgehead atoms. The Kier molecular flexibility index (Phi) is 12.5. The van der Waals surface area contributed by atoms with E-state index in [4.69, 9.17) is 17.0 Å². The second-order valence-electron chi connectivity index (χ2n) is 6.60. The summed E-state index contributed by atoms with van der Waals surface area (Å²) in [7, 11) is 0. The van der Waals surface area contributed by atoms with Gasteiger partial charge in [-0.3, -0.25) is 4.79 Å². The molecule has 0 radical (unpaired) electrons. The summed E-state index contributed by atoms with van der Waals surface area (Å²) < 4.78 is 5.74. The number of hydrogen-bond donors (Lipinski definition) is 2. The third-order valence-corrected chi connectivity index (χ3v) is 4.34. The molecule has 0 aliphatic carbocycles. The van der Waals surface area contributed by atoms with Crippen LogP contribution in [0.15, 0.2) is 24.3 Å². The van der Waals surface area contributed by atoms with E-state index in [1.807, 2.05) is 24.3 Å². The van der Waals surface area contributed by atoms with Crippen LogP contribution < -0.4 is 15.4 Å². The highest BCUT2D eigenvalue weighted by atomic mass is 32.1. The summed E-state index contributed by atoms with van der Waals surface area (Å²) in [5, 5.41) is 6.11. The van der Waals surface area contributed by atoms with Gasteiger partial charge in [-0.25, -0.2) is 0 Å². The predicted octanol–water partition coefficient (Wildman–Crippen LogP) is 5.82. The minimum Gasteiger partial charge on any atom is -0.494 e. The van der Waals surface area contributed by atoms with Crippen LogP contribution in [0.2, 0.25) is 0 Å². The first-order valence-electron chi connectivity index (χ1n) is 9.99. The van der Waals surface area contributed by atoms with Crippen molar-refractivity contribution in [1.29, 1.82) is 0 Å². The number of unbranched alkanes of at least 4 members (excludes halogenated alkanes) is 7. The molecule has 146 valence electrons. The second kappa shape index (κ2) is 14.5. The van der Waals surface area contributed by atoms with E-state index in [0.29, 0.717) is 11.5 Å². The Morgan fingerprint density at radius 1 is 0.923 bits per heavy atom. The number of rotatable bonds is 13. The summed E-state index contributed by atoms with van der Waals surface area (Å²) in [6.07, 6.45) is 11.0. The van der Waals surface area contributed by atoms with Crippen LogP contribution in [0, 0.1) is 0 Å². The van der Waals surface area contributed by atoms with Crippen molar-refractivity contribution in [2.24, 2.45) is 0 Å². The van der Waals surface area contributed by atoms with E-state index >= 15 is 0 Å². The van der Waals surface area contributed by atoms with Crippen molar-refractivity contribution in [3.8, 4) is 5.75 Å². The van der Waals surface area contributed by atoms with Gasteiger partial charge in [0.15, 0.2) is 5.11 Å². The summed E-state index contributed by atoms with van der Waals surface area (Å²) in [6.45, 7) is 5.13. The number of thiocarbonyl (C=S) groups is 1. The molecule has 5 heteroatoms. The zero-order chi connectivity index (χ0) is 19.0. The van der Waals surface area contributed by atoms with Gasteiger partial charge in [0.1, 0.15) is 5.75 Å². The smallest absolute Gasteiger partial charge is 0.226 e. The summed E-state index contributed by atoms with van der Waals surface area (Å²) >= 11 is 5.19. The Bertz CT molecular complexity index is 517. The zero-order valence-corrected chi connectivity index (χ0v) is 17.1. The van der Waals surface area contributed by atoms with Gasteiger partial charge in [-0.15, -0.1) is 0 Å². The number of carbonyl (C=O) groups is 1. The first-order valence-corrected chi connectivity index (χ1v) is 10.4. The number of carbonyl (C=O) groups excluding carboxylic acids is 1. The average molecular weight is 379 g/mol. The molecule has 0 heterocycles. The molecule has 1 aromatic carbocycles. The van der Waals surface area contributed by atoms with E-state index in [0.717, 1.165) is 37.3 Å². The molecular weight excluding hydrogens is 344 g/mol. The third kappa shape index (κ3) is 11.1. The highest BCUT2D eigenvalue weighted by Crippen LogP contribution is 2.16. The fourth-order valence-corrected chi connectivity index (χ4v) is 2.83. The summed E-state index contributed by atoms with van der Waals surface area (Å²) in [5.41, 5.74) is 0.844. The fourth-order valence-electron chi connectivity index (χ4n) is 2.59. The van der Waals surface area contributed by atoms with E-state index in [2.05, 4.69) is 24.5 Å². The summed E-state index contributed by atoms with van der Waals surface area (Å²) in [4.78, 5) is 11.8. The molecule has 1 amide bonds. The Hall–Kier alpha value is -1.62. The van der Waals surface area contributed by atoms with E-state index in [1.165, 1.54) is 38.5 Å². The van der Waals surface area contributed by atoms with Gasteiger partial charge in [-0.05, 0) is 49.3 Å². The van der Waals surface area contributed by atoms with Crippen molar-refractivity contribution in [2.75, 3.05) is 11.9 Å². The minimum absolute atomic E-state index is 0.0263. The third-order valence-electron chi connectivity index (χ3n) is 4.14. The van der Waals surface area contributed by atoms with E-state index in [1.54, 1.807) is 0 Å². The number of amides is 1. The molecule has 1 aromatic rings. The van der Waals surface area contributed by atoms with E-state index < -0.39 is 0 Å². The largest absolute Gasteiger partial charge is 0.494 e. The maximum atomic E-state index is 11.8. The van der Waals surface area contributed by atoms with Crippen LogP contribution >= 0.6 is 12.2 Å². The number of benzene rings is 1. The monoisotopic (exact) mass is 378 g/mol. The summed E-state index contributed by atoms with van der Waals surface area (Å²) in [6, 6.07) is 7.66. The second-order valence-corrected chi connectivity index (χ2v) is 7.01. The molecule has 0 aliphatic rings. The molecule has 2 N–H and O–H groups in total. The van der Waals surface area contributed by atoms with Gasteiger partial charge in [-0.2, -0.15) is 0 Å². The molecule has 0 aliphatic heterocycles. The Morgan fingerprint density at radius 2 is 1.54 bits per heavy atom. The van der Waals surface area contributed by atoms with Crippen LogP contribution in [-0.4, -0.2) is 17.6 Å². The van der Waals surface area contributed by atoms with Crippen LogP contribution in [0.5, 0.6) is 5.75 Å². The molecule has 0 fully saturated rings. The molecule has 0 aromatic heterocycles. The van der Waals surface area contributed by atoms with Gasteiger partial charge in [-0.1, -0.05) is 58.8 Å². The predicted molar refractivity (Wildman–Crippen MR) is 114 cm³/mol. The van der Waals surface area contributed by atoms with Gasteiger partial charge in [0, 0.05) is 12.1 Å². The highest BCUT2D eigenvalue weighted by Gasteiger charge is 2.05. The highest BCUT2D eigenvalue weighted by molar-refractivity contribution is 7.80. The standard InChI is InChI=1S/C21H34N2O2S/c1-3-5-7-9-11-17-25-19-15-13-18(14-16-19)22-21(26)23-20(24)12-10-8-6-4-2/h13-16H,3-12,17H2,1-2H3,(H2,22,23,24,26). The van der Waals surface area contributed by atoms with Crippen molar-refractivity contribution in [1.82, 2.24) is 5.32 Å². The van der Waals surface area contributed by atoms with Crippen molar-refractivity contribution in [3.63, 3.8) is 0 Å². The lowest BCUT2D eigenvalue weighted by atomic mass is 10.1. The zero-order valence-electron chi connectivity index (χ0n) is 16.3. The number of anilines is 1. The number of nitrogens with one attached hydrogen (secondary N) is 2.